The fourth-order valence-corrected chi connectivity index (χ4v) is 6.01. The predicted molar refractivity (Wildman–Crippen MR) is 130 cm³/mol. The van der Waals surface area contributed by atoms with Crippen molar-refractivity contribution in [3.63, 3.8) is 0 Å². The number of amides is 1. The van der Waals surface area contributed by atoms with Gasteiger partial charge >= 0.3 is 0 Å². The first-order chi connectivity index (χ1) is 14.3. The van der Waals surface area contributed by atoms with Crippen molar-refractivity contribution in [2.45, 2.75) is 60.2 Å². The summed E-state index contributed by atoms with van der Waals surface area (Å²) in [7, 11) is 0. The SMILES string of the molecule is Cc1cccc(C)c1NC(=O)C(C)Sc1nnc(SCc2ccc(C(C)C)cc2)s1. The van der Waals surface area contributed by atoms with Crippen LogP contribution in [0.25, 0.3) is 0 Å². The third kappa shape index (κ3) is 6.09. The van der Waals surface area contributed by atoms with Crippen LogP contribution >= 0.6 is 34.9 Å². The van der Waals surface area contributed by atoms with E-state index in [1.807, 2.05) is 39.0 Å². The standard InChI is InChI=1S/C23H27N3OS3/c1-14(2)19-11-9-18(10-12-19)13-28-22-25-26-23(30-22)29-17(5)21(27)24-20-15(3)7-6-8-16(20)4/h6-12,14,17H,13H2,1-5H3,(H,24,27). The quantitative estimate of drug-likeness (QED) is 0.382. The maximum Gasteiger partial charge on any atom is 0.237 e. The van der Waals surface area contributed by atoms with Gasteiger partial charge in [0.05, 0.1) is 5.25 Å². The van der Waals surface area contributed by atoms with Gasteiger partial charge in [-0.2, -0.15) is 0 Å². The molecule has 3 rings (SSSR count). The van der Waals surface area contributed by atoms with Crippen LogP contribution in [0, 0.1) is 13.8 Å². The van der Waals surface area contributed by atoms with E-state index in [1.165, 1.54) is 22.9 Å². The molecule has 0 aliphatic rings. The second-order valence-corrected chi connectivity index (χ2v) is 11.3. The van der Waals surface area contributed by atoms with Crippen LogP contribution in [0.2, 0.25) is 0 Å². The van der Waals surface area contributed by atoms with Crippen molar-refractivity contribution in [2.24, 2.45) is 0 Å². The van der Waals surface area contributed by atoms with Crippen LogP contribution in [-0.2, 0) is 10.5 Å². The van der Waals surface area contributed by atoms with Crippen LogP contribution in [0.4, 0.5) is 5.69 Å². The molecule has 1 unspecified atom stereocenters. The van der Waals surface area contributed by atoms with Gasteiger partial charge in [-0.05, 0) is 48.9 Å². The summed E-state index contributed by atoms with van der Waals surface area (Å²) >= 11 is 4.67. The van der Waals surface area contributed by atoms with E-state index < -0.39 is 0 Å². The van der Waals surface area contributed by atoms with E-state index in [0.29, 0.717) is 5.92 Å². The molecule has 0 saturated heterocycles. The Morgan fingerprint density at radius 1 is 1.00 bits per heavy atom. The number of para-hydroxylation sites is 1. The first kappa shape index (κ1) is 22.8. The Balaban J connectivity index is 1.53. The second kappa shape index (κ2) is 10.5. The predicted octanol–water partition coefficient (Wildman–Crippen LogP) is 6.69. The number of hydrogen-bond donors (Lipinski definition) is 1. The van der Waals surface area contributed by atoms with Gasteiger partial charge in [0, 0.05) is 11.4 Å². The number of hydrogen-bond acceptors (Lipinski definition) is 6. The van der Waals surface area contributed by atoms with Crippen molar-refractivity contribution in [3.05, 3.63) is 64.7 Å². The van der Waals surface area contributed by atoms with Crippen molar-refractivity contribution in [3.8, 4) is 0 Å². The van der Waals surface area contributed by atoms with Gasteiger partial charge in [0.1, 0.15) is 0 Å². The number of nitrogens with one attached hydrogen (secondary N) is 1. The third-order valence-corrected chi connectivity index (χ3v) is 8.08. The lowest BCUT2D eigenvalue weighted by Gasteiger charge is -2.14. The van der Waals surface area contributed by atoms with Gasteiger partial charge in [0.25, 0.3) is 0 Å². The summed E-state index contributed by atoms with van der Waals surface area (Å²) in [6.45, 7) is 10.3. The molecule has 0 fully saturated rings. The summed E-state index contributed by atoms with van der Waals surface area (Å²) in [6.07, 6.45) is 0. The molecular weight excluding hydrogens is 430 g/mol. The van der Waals surface area contributed by atoms with Crippen LogP contribution in [-0.4, -0.2) is 21.4 Å². The van der Waals surface area contributed by atoms with Crippen LogP contribution in [0.5, 0.6) is 0 Å². The molecule has 3 aromatic rings. The van der Waals surface area contributed by atoms with Gasteiger partial charge < -0.3 is 5.32 Å². The number of aryl methyl sites for hydroxylation is 2. The Labute approximate surface area is 191 Å². The van der Waals surface area contributed by atoms with Gasteiger partial charge in [-0.3, -0.25) is 4.79 Å². The van der Waals surface area contributed by atoms with E-state index in [2.05, 4.69) is 53.6 Å². The molecule has 0 aliphatic carbocycles. The van der Waals surface area contributed by atoms with Crippen LogP contribution < -0.4 is 5.32 Å². The number of anilines is 1. The number of carbonyl (C=O) groups excluding carboxylic acids is 1. The highest BCUT2D eigenvalue weighted by Gasteiger charge is 2.18. The summed E-state index contributed by atoms with van der Waals surface area (Å²) < 4.78 is 1.74. The highest BCUT2D eigenvalue weighted by atomic mass is 32.2. The van der Waals surface area contributed by atoms with Crippen LogP contribution in [0.15, 0.2) is 51.1 Å². The minimum absolute atomic E-state index is 0.0213. The maximum absolute atomic E-state index is 12.6. The Kier molecular flexibility index (Phi) is 7.97. The molecule has 1 heterocycles. The number of rotatable bonds is 8. The van der Waals surface area contributed by atoms with Gasteiger partial charge in [-0.25, -0.2) is 0 Å². The average molecular weight is 458 g/mol. The van der Waals surface area contributed by atoms with E-state index in [-0.39, 0.29) is 11.2 Å². The summed E-state index contributed by atoms with van der Waals surface area (Å²) in [5, 5.41) is 11.3. The highest BCUT2D eigenvalue weighted by Crippen LogP contribution is 2.33. The molecule has 0 bridgehead atoms. The molecule has 7 heteroatoms. The second-order valence-electron chi connectivity index (χ2n) is 7.53. The van der Waals surface area contributed by atoms with E-state index >= 15 is 0 Å². The zero-order valence-corrected chi connectivity index (χ0v) is 20.4. The number of nitrogens with zero attached hydrogens (tertiary/aromatic N) is 2. The zero-order chi connectivity index (χ0) is 21.7. The smallest absolute Gasteiger partial charge is 0.237 e. The van der Waals surface area contributed by atoms with E-state index in [0.717, 1.165) is 31.2 Å². The summed E-state index contributed by atoms with van der Waals surface area (Å²) in [5.74, 6) is 1.38. The lowest BCUT2D eigenvalue weighted by Crippen LogP contribution is -2.23. The van der Waals surface area contributed by atoms with E-state index in [9.17, 15) is 4.79 Å². The fourth-order valence-electron chi connectivity index (χ4n) is 2.89. The normalized spacial score (nSPS) is 12.2. The number of carbonyl (C=O) groups is 1. The zero-order valence-electron chi connectivity index (χ0n) is 17.9. The molecule has 30 heavy (non-hydrogen) atoms. The maximum atomic E-state index is 12.6. The first-order valence-corrected chi connectivity index (χ1v) is 12.6. The van der Waals surface area contributed by atoms with Crippen molar-refractivity contribution in [1.29, 1.82) is 0 Å². The van der Waals surface area contributed by atoms with Gasteiger partial charge in [-0.1, -0.05) is 91.2 Å². The molecular formula is C23H27N3OS3. The minimum Gasteiger partial charge on any atom is -0.325 e. The molecule has 0 radical (unpaired) electrons. The van der Waals surface area contributed by atoms with E-state index in [4.69, 9.17) is 0 Å². The first-order valence-electron chi connectivity index (χ1n) is 9.92. The molecule has 0 aliphatic heterocycles. The van der Waals surface area contributed by atoms with Crippen molar-refractivity contribution in [1.82, 2.24) is 10.2 Å². The molecule has 158 valence electrons. The monoisotopic (exact) mass is 457 g/mol. The van der Waals surface area contributed by atoms with Crippen molar-refractivity contribution in [2.75, 3.05) is 5.32 Å². The molecule has 1 aromatic heterocycles. The molecule has 0 saturated carbocycles. The van der Waals surface area contributed by atoms with Gasteiger partial charge in [0.2, 0.25) is 5.91 Å². The number of thioether (sulfide) groups is 2. The molecule has 1 atom stereocenters. The molecule has 2 aromatic carbocycles. The average Bonchev–Trinajstić information content (AvgIpc) is 3.16. The number of aromatic nitrogens is 2. The Hall–Kier alpha value is -1.83. The van der Waals surface area contributed by atoms with Gasteiger partial charge in [0.15, 0.2) is 8.68 Å². The molecule has 1 amide bonds. The molecule has 0 spiro atoms. The van der Waals surface area contributed by atoms with Crippen molar-refractivity contribution >= 4 is 46.5 Å². The van der Waals surface area contributed by atoms with Crippen LogP contribution in [0.1, 0.15) is 48.9 Å². The van der Waals surface area contributed by atoms with Crippen LogP contribution in [0.3, 0.4) is 0 Å². The Morgan fingerprint density at radius 2 is 1.63 bits per heavy atom. The summed E-state index contributed by atoms with van der Waals surface area (Å²) in [6, 6.07) is 14.8. The summed E-state index contributed by atoms with van der Waals surface area (Å²) in [5.41, 5.74) is 5.65. The molecule has 4 nitrogen and oxygen atoms in total. The Morgan fingerprint density at radius 3 is 2.27 bits per heavy atom. The minimum atomic E-state index is -0.251. The highest BCUT2D eigenvalue weighted by molar-refractivity contribution is 8.03. The third-order valence-electron chi connectivity index (χ3n) is 4.77. The number of benzene rings is 2. The van der Waals surface area contributed by atoms with E-state index in [1.54, 1.807) is 23.1 Å². The largest absolute Gasteiger partial charge is 0.325 e. The van der Waals surface area contributed by atoms with Gasteiger partial charge in [-0.15, -0.1) is 10.2 Å². The van der Waals surface area contributed by atoms with Crippen molar-refractivity contribution < 1.29 is 4.79 Å². The lowest BCUT2D eigenvalue weighted by atomic mass is 10.0. The Bertz CT molecular complexity index is 979. The lowest BCUT2D eigenvalue weighted by molar-refractivity contribution is -0.115. The fraction of sp³-hybridized carbons (Fsp3) is 0.348. The summed E-state index contributed by atoms with van der Waals surface area (Å²) in [4.78, 5) is 12.6. The molecule has 1 N–H and O–H groups in total. The topological polar surface area (TPSA) is 54.9 Å².